The van der Waals surface area contributed by atoms with Crippen LogP contribution in [0.4, 0.5) is 0 Å². The predicted octanol–water partition coefficient (Wildman–Crippen LogP) is -3.36. The van der Waals surface area contributed by atoms with Crippen molar-refractivity contribution >= 4 is 35.6 Å². The number of hydrogen-bond acceptors (Lipinski definition) is 7. The van der Waals surface area contributed by atoms with Crippen LogP contribution in [0.3, 0.4) is 0 Å². The number of nitrogens with zero attached hydrogens (tertiary/aromatic N) is 2. The van der Waals surface area contributed by atoms with E-state index in [-0.39, 0.29) is 50.3 Å². The Morgan fingerprint density at radius 3 is 1.77 bits per heavy atom. The minimum atomic E-state index is -1.23. The molecule has 14 N–H and O–H groups in total. The average Bonchev–Trinajstić information content (AvgIpc) is 2.79. The van der Waals surface area contributed by atoms with Crippen molar-refractivity contribution in [2.24, 2.45) is 44.6 Å². The van der Waals surface area contributed by atoms with Gasteiger partial charge in [0.2, 0.25) is 17.7 Å². The predicted molar refractivity (Wildman–Crippen MR) is 132 cm³/mol. The molecule has 0 radical (unpaired) electrons. The van der Waals surface area contributed by atoms with Crippen molar-refractivity contribution in [3.05, 3.63) is 0 Å². The summed E-state index contributed by atoms with van der Waals surface area (Å²) in [4.78, 5) is 57.0. The van der Waals surface area contributed by atoms with Gasteiger partial charge in [-0.05, 0) is 31.6 Å². The van der Waals surface area contributed by atoms with Crippen molar-refractivity contribution in [3.8, 4) is 0 Å². The minimum Gasteiger partial charge on any atom is -0.480 e. The van der Waals surface area contributed by atoms with Gasteiger partial charge in [0.25, 0.3) is 0 Å². The van der Waals surface area contributed by atoms with Crippen LogP contribution in [0.25, 0.3) is 0 Å². The lowest BCUT2D eigenvalue weighted by atomic mass is 9.97. The molecule has 0 fully saturated rings. The summed E-state index contributed by atoms with van der Waals surface area (Å²) < 4.78 is 0. The highest BCUT2D eigenvalue weighted by molar-refractivity contribution is 5.93. The van der Waals surface area contributed by atoms with Gasteiger partial charge in [-0.2, -0.15) is 0 Å². The van der Waals surface area contributed by atoms with E-state index in [9.17, 15) is 24.3 Å². The first-order valence-electron chi connectivity index (χ1n) is 11.4. The van der Waals surface area contributed by atoms with Crippen molar-refractivity contribution in [3.63, 3.8) is 0 Å². The van der Waals surface area contributed by atoms with Gasteiger partial charge in [0.15, 0.2) is 11.9 Å². The Morgan fingerprint density at radius 2 is 1.34 bits per heavy atom. The smallest absolute Gasteiger partial charge is 0.326 e. The van der Waals surface area contributed by atoms with E-state index in [2.05, 4.69) is 25.9 Å². The van der Waals surface area contributed by atoms with Crippen LogP contribution in [-0.2, 0) is 19.2 Å². The van der Waals surface area contributed by atoms with Crippen molar-refractivity contribution in [1.29, 1.82) is 0 Å². The molecule has 0 aromatic rings. The fourth-order valence-electron chi connectivity index (χ4n) is 3.00. The normalized spacial score (nSPS) is 13.9. The Kier molecular flexibility index (Phi) is 15.2. The molecule has 0 aliphatic carbocycles. The number of carbonyl (C=O) groups excluding carboxylic acids is 3. The van der Waals surface area contributed by atoms with Gasteiger partial charge in [-0.25, -0.2) is 4.79 Å². The third-order valence-corrected chi connectivity index (χ3v) is 5.14. The lowest BCUT2D eigenvalue weighted by Gasteiger charge is -2.27. The van der Waals surface area contributed by atoms with Gasteiger partial charge in [-0.3, -0.25) is 24.4 Å². The largest absolute Gasteiger partial charge is 0.480 e. The van der Waals surface area contributed by atoms with E-state index in [0.717, 1.165) is 0 Å². The fourth-order valence-corrected chi connectivity index (χ4v) is 3.00. The first kappa shape index (κ1) is 31.4. The molecule has 4 atom stereocenters. The second-order valence-corrected chi connectivity index (χ2v) is 7.99. The van der Waals surface area contributed by atoms with E-state index >= 15 is 0 Å². The summed E-state index contributed by atoms with van der Waals surface area (Å²) in [6.07, 6.45) is 1.48. The highest BCUT2D eigenvalue weighted by Crippen LogP contribution is 2.11. The Bertz CT molecular complexity index is 765. The topological polar surface area (TPSA) is 279 Å². The molecule has 15 heteroatoms. The SMILES string of the molecule is CCC(C)C(NC(=O)C(CCCN=C(N)N)NC(=O)CN)C(=O)NC(CCCN=C(N)N)C(=O)O. The zero-order chi connectivity index (χ0) is 27.0. The highest BCUT2D eigenvalue weighted by atomic mass is 16.4. The average molecular weight is 501 g/mol. The zero-order valence-corrected chi connectivity index (χ0v) is 20.3. The number of aliphatic imine (C=N–C) groups is 2. The van der Waals surface area contributed by atoms with Crippen molar-refractivity contribution in [2.75, 3.05) is 19.6 Å². The second kappa shape index (κ2) is 16.9. The van der Waals surface area contributed by atoms with Gasteiger partial charge >= 0.3 is 5.97 Å². The zero-order valence-electron chi connectivity index (χ0n) is 20.3. The standard InChI is InChI=1S/C20H40N10O5/c1-3-11(2)15(17(33)29-13(18(34)35)7-5-9-27-20(24)25)30-16(32)12(28-14(31)10-21)6-4-8-26-19(22)23/h11-13,15H,3-10,21H2,1-2H3,(H,28,31)(H,29,33)(H,30,32)(H,34,35)(H4,22,23,26)(H4,24,25,27). The van der Waals surface area contributed by atoms with Gasteiger partial charge in [-0.1, -0.05) is 20.3 Å². The molecule has 0 saturated carbocycles. The summed E-state index contributed by atoms with van der Waals surface area (Å²) in [5, 5.41) is 17.1. The number of aliphatic carboxylic acids is 1. The van der Waals surface area contributed by atoms with E-state index in [0.29, 0.717) is 19.3 Å². The molecule has 0 saturated heterocycles. The number of carbonyl (C=O) groups is 4. The molecular formula is C20H40N10O5. The van der Waals surface area contributed by atoms with Crippen LogP contribution >= 0.6 is 0 Å². The molecule has 4 unspecified atom stereocenters. The fraction of sp³-hybridized carbons (Fsp3) is 0.700. The molecule has 0 spiro atoms. The van der Waals surface area contributed by atoms with Crippen LogP contribution in [0.15, 0.2) is 9.98 Å². The monoisotopic (exact) mass is 500 g/mol. The van der Waals surface area contributed by atoms with E-state index < -0.39 is 41.8 Å². The maximum atomic E-state index is 13.0. The molecule has 0 rings (SSSR count). The first-order chi connectivity index (χ1) is 16.4. The van der Waals surface area contributed by atoms with Crippen LogP contribution in [0.5, 0.6) is 0 Å². The second-order valence-electron chi connectivity index (χ2n) is 7.99. The number of nitrogens with two attached hydrogens (primary N) is 5. The first-order valence-corrected chi connectivity index (χ1v) is 11.4. The van der Waals surface area contributed by atoms with Gasteiger partial charge in [0.05, 0.1) is 6.54 Å². The molecule has 3 amide bonds. The third-order valence-electron chi connectivity index (χ3n) is 5.14. The lowest BCUT2D eigenvalue weighted by Crippen LogP contribution is -2.58. The summed E-state index contributed by atoms with van der Waals surface area (Å²) in [6.45, 7) is 3.68. The van der Waals surface area contributed by atoms with Gasteiger partial charge in [0.1, 0.15) is 18.1 Å². The summed E-state index contributed by atoms with van der Waals surface area (Å²) in [7, 11) is 0. The molecule has 0 aromatic carbocycles. The number of rotatable bonds is 17. The number of carboxylic acids is 1. The van der Waals surface area contributed by atoms with E-state index in [1.807, 2.05) is 6.92 Å². The molecule has 200 valence electrons. The van der Waals surface area contributed by atoms with E-state index in [4.69, 9.17) is 28.7 Å². The molecule has 0 aliphatic rings. The molecule has 0 bridgehead atoms. The van der Waals surface area contributed by atoms with Gasteiger partial charge in [-0.15, -0.1) is 0 Å². The van der Waals surface area contributed by atoms with E-state index in [1.54, 1.807) is 6.92 Å². The number of carboxylic acid groups (broad SMARTS) is 1. The van der Waals surface area contributed by atoms with E-state index in [1.165, 1.54) is 0 Å². The molecule has 35 heavy (non-hydrogen) atoms. The van der Waals surface area contributed by atoms with Crippen LogP contribution < -0.4 is 44.6 Å². The number of guanidine groups is 2. The van der Waals surface area contributed by atoms with Gasteiger partial charge in [0, 0.05) is 13.1 Å². The van der Waals surface area contributed by atoms with Gasteiger partial charge < -0.3 is 49.7 Å². The van der Waals surface area contributed by atoms with Crippen LogP contribution in [0, 0.1) is 5.92 Å². The van der Waals surface area contributed by atoms with Crippen molar-refractivity contribution in [2.45, 2.75) is 64.1 Å². The molecule has 15 nitrogen and oxygen atoms in total. The highest BCUT2D eigenvalue weighted by Gasteiger charge is 2.32. The summed E-state index contributed by atoms with van der Waals surface area (Å²) >= 11 is 0. The Balaban J connectivity index is 5.40. The summed E-state index contributed by atoms with van der Waals surface area (Å²) in [5.74, 6) is -3.61. The van der Waals surface area contributed by atoms with Crippen LogP contribution in [0.2, 0.25) is 0 Å². The van der Waals surface area contributed by atoms with Crippen molar-refractivity contribution in [1.82, 2.24) is 16.0 Å². The van der Waals surface area contributed by atoms with Crippen LogP contribution in [-0.4, -0.2) is 78.5 Å². The third kappa shape index (κ3) is 13.6. The Hall–Kier alpha value is -3.62. The molecule has 0 heterocycles. The maximum absolute atomic E-state index is 13.0. The number of hydrogen-bond donors (Lipinski definition) is 9. The minimum absolute atomic E-state index is 0.0823. The van der Waals surface area contributed by atoms with Crippen LogP contribution in [0.1, 0.15) is 46.0 Å². The number of amides is 3. The summed E-state index contributed by atoms with van der Waals surface area (Å²) in [5.41, 5.74) is 26.4. The molecule has 0 aliphatic heterocycles. The Labute approximate surface area is 204 Å². The maximum Gasteiger partial charge on any atom is 0.326 e. The number of nitrogens with one attached hydrogen (secondary N) is 3. The molecule has 0 aromatic heterocycles. The molecular weight excluding hydrogens is 460 g/mol. The Morgan fingerprint density at radius 1 is 0.829 bits per heavy atom. The summed E-state index contributed by atoms with van der Waals surface area (Å²) in [6, 6.07) is -3.23. The quantitative estimate of drug-likeness (QED) is 0.0543. The lowest BCUT2D eigenvalue weighted by molar-refractivity contribution is -0.142. The van der Waals surface area contributed by atoms with Crippen molar-refractivity contribution < 1.29 is 24.3 Å².